The van der Waals surface area contributed by atoms with Crippen LogP contribution in [0.4, 0.5) is 20.7 Å². The van der Waals surface area contributed by atoms with Gasteiger partial charge in [0, 0.05) is 62.5 Å². The number of alkyl halides is 2. The van der Waals surface area contributed by atoms with E-state index in [0.717, 1.165) is 65.7 Å². The Hall–Kier alpha value is -7.44. The minimum Gasteiger partial charge on any atom is -0.492 e. The molecule has 75 heavy (non-hydrogen) atoms. The summed E-state index contributed by atoms with van der Waals surface area (Å²) >= 11 is 0. The zero-order valence-corrected chi connectivity index (χ0v) is 42.5. The zero-order chi connectivity index (χ0) is 52.3. The minimum absolute atomic E-state index is 0. The van der Waals surface area contributed by atoms with E-state index in [2.05, 4.69) is 45.3 Å². The minimum atomic E-state index is -3.25. The van der Waals surface area contributed by atoms with Crippen LogP contribution in [0.15, 0.2) is 98.1 Å². The lowest BCUT2D eigenvalue weighted by molar-refractivity contribution is -0.127. The molecule has 4 aliphatic rings. The average Bonchev–Trinajstić information content (AvgIpc) is 3.73. The number of hydrogen-bond donors (Lipinski definition) is 2. The number of nitrogens with zero attached hydrogens (tertiary/aromatic N) is 8. The van der Waals surface area contributed by atoms with Crippen molar-refractivity contribution in [3.63, 3.8) is 0 Å². The highest BCUT2D eigenvalue weighted by Crippen LogP contribution is 2.45. The molecule has 4 aliphatic heterocycles. The van der Waals surface area contributed by atoms with Gasteiger partial charge in [0.05, 0.1) is 46.3 Å². The number of aryl methyl sites for hydroxylation is 2. The molecule has 18 heteroatoms. The number of likely N-dealkylation sites (tertiary alicyclic amines) is 2. The van der Waals surface area contributed by atoms with Gasteiger partial charge in [0.2, 0.25) is 23.7 Å². The standard InChI is InChI=1S/C29H33F2N5O3.C27H31N5O3.CH4/c1-4-24(37)35-13-6-5-10-21(17-35)36-26-22(32-28(36)33-27(38)20-9-7-8-19(2)16-20)11-12-23-25(26)29(30,31)18-34(3)14-15-39-23;1-4-24(33)31-12-6-9-20(16-31)32-25-21-17-30(3)13-14-35-23(21)11-10-22(25)28-27(32)29-26(34)19-8-5-7-18(2)15-19;/h4,7-9,11-12,16,21H,1,5-6,10,13-15,17-18H2,2-3H3,(H,32,33,38);4-5,7-8,10-11,15,20H,1,6,9,12-14,16-17H2,2-3H3,(H,28,29,34);1H4/t21-;20-;/m11./s1. The summed E-state index contributed by atoms with van der Waals surface area (Å²) in [6.45, 7) is 15.5. The molecule has 2 aromatic heterocycles. The number of aromatic nitrogens is 4. The first kappa shape index (κ1) is 53.8. The van der Waals surface area contributed by atoms with E-state index in [-0.39, 0.29) is 67.1 Å². The number of carbonyl (C=O) groups excluding carboxylic acids is 4. The third-order valence-electron chi connectivity index (χ3n) is 14.2. The topological polar surface area (TPSA) is 159 Å². The number of piperidine rings is 1. The van der Waals surface area contributed by atoms with E-state index in [4.69, 9.17) is 14.5 Å². The van der Waals surface area contributed by atoms with E-state index in [0.29, 0.717) is 68.3 Å². The van der Waals surface area contributed by atoms with Gasteiger partial charge in [-0.05, 0) is 121 Å². The number of amides is 4. The van der Waals surface area contributed by atoms with Gasteiger partial charge >= 0.3 is 0 Å². The van der Waals surface area contributed by atoms with Crippen LogP contribution in [-0.4, -0.2) is 135 Å². The van der Waals surface area contributed by atoms with Crippen molar-refractivity contribution >= 4 is 57.6 Å². The molecule has 2 N–H and O–H groups in total. The van der Waals surface area contributed by atoms with E-state index in [1.165, 1.54) is 18.2 Å². The summed E-state index contributed by atoms with van der Waals surface area (Å²) in [4.78, 5) is 68.3. The van der Waals surface area contributed by atoms with E-state index >= 15 is 8.78 Å². The summed E-state index contributed by atoms with van der Waals surface area (Å²) in [6.07, 6.45) is 6.54. The number of fused-ring (bicyclic) bond motifs is 6. The van der Waals surface area contributed by atoms with Gasteiger partial charge in [-0.25, -0.2) is 9.97 Å². The number of benzene rings is 4. The lowest BCUT2D eigenvalue weighted by Crippen LogP contribution is -2.40. The van der Waals surface area contributed by atoms with Crippen LogP contribution in [0, 0.1) is 13.8 Å². The highest BCUT2D eigenvalue weighted by atomic mass is 19.3. The number of anilines is 2. The average molecular weight is 1030 g/mol. The third-order valence-corrected chi connectivity index (χ3v) is 14.2. The van der Waals surface area contributed by atoms with Crippen molar-refractivity contribution in [2.75, 3.05) is 83.8 Å². The molecule has 2 atom stereocenters. The number of hydrogen-bond acceptors (Lipinski definition) is 10. The molecule has 4 amide bonds. The van der Waals surface area contributed by atoms with Crippen LogP contribution < -0.4 is 20.1 Å². The second kappa shape index (κ2) is 23.0. The molecule has 396 valence electrons. The number of halogens is 2. The van der Waals surface area contributed by atoms with Crippen molar-refractivity contribution in [3.8, 4) is 11.5 Å². The molecular weight excluding hydrogens is 959 g/mol. The SMILES string of the molecule is C.C=CC(=O)N1CCCC[C@@H](n2c(NC(=O)c3cccc(C)c3)nc3ccc4c(c32)C(F)(F)CN(C)CCO4)C1.C=CC(=O)N1CCC[C@@H](n2c(NC(=O)c3cccc(C)c3)nc3ccc4c(c32)CN(C)CCO4)C1. The fraction of sp³-hybridized carbons (Fsp3) is 0.404. The molecule has 4 aromatic carbocycles. The summed E-state index contributed by atoms with van der Waals surface area (Å²) in [7, 11) is 3.71. The van der Waals surface area contributed by atoms with Crippen LogP contribution in [0.25, 0.3) is 22.1 Å². The van der Waals surface area contributed by atoms with Crippen LogP contribution in [0.5, 0.6) is 11.5 Å². The van der Waals surface area contributed by atoms with Crippen LogP contribution in [0.1, 0.15) is 94.6 Å². The van der Waals surface area contributed by atoms with E-state index in [1.807, 2.05) is 55.1 Å². The molecule has 0 radical (unpaired) electrons. The second-order valence-electron chi connectivity index (χ2n) is 19.8. The van der Waals surface area contributed by atoms with Gasteiger partial charge < -0.3 is 28.4 Å². The fourth-order valence-electron chi connectivity index (χ4n) is 10.6. The Morgan fingerprint density at radius 1 is 0.667 bits per heavy atom. The van der Waals surface area contributed by atoms with Gasteiger partial charge in [-0.2, -0.15) is 8.78 Å². The number of nitrogens with one attached hydrogen (secondary N) is 2. The molecule has 2 fully saturated rings. The number of imidazole rings is 2. The molecule has 0 unspecified atom stereocenters. The van der Waals surface area contributed by atoms with Gasteiger partial charge in [0.1, 0.15) is 24.7 Å². The number of likely N-dealkylation sites (N-methyl/N-ethyl adjacent to an activating group) is 2. The number of ether oxygens (including phenoxy) is 2. The predicted octanol–water partition coefficient (Wildman–Crippen LogP) is 9.16. The molecule has 2 saturated heterocycles. The summed E-state index contributed by atoms with van der Waals surface area (Å²) in [5.41, 5.74) is 6.04. The summed E-state index contributed by atoms with van der Waals surface area (Å²) < 4.78 is 47.6. The lowest BCUT2D eigenvalue weighted by Gasteiger charge is -2.34. The predicted molar refractivity (Wildman–Crippen MR) is 288 cm³/mol. The first-order valence-corrected chi connectivity index (χ1v) is 25.3. The Bertz CT molecular complexity index is 3130. The van der Waals surface area contributed by atoms with Crippen molar-refractivity contribution in [1.82, 2.24) is 38.7 Å². The molecule has 0 saturated carbocycles. The van der Waals surface area contributed by atoms with Gasteiger partial charge in [0.25, 0.3) is 17.7 Å². The fourth-order valence-corrected chi connectivity index (χ4v) is 10.6. The quantitative estimate of drug-likeness (QED) is 0.141. The van der Waals surface area contributed by atoms with Crippen LogP contribution in [0.3, 0.4) is 0 Å². The van der Waals surface area contributed by atoms with Gasteiger partial charge in [-0.15, -0.1) is 0 Å². The Kier molecular flexibility index (Phi) is 16.5. The zero-order valence-electron chi connectivity index (χ0n) is 42.5. The molecule has 6 heterocycles. The van der Waals surface area contributed by atoms with Crippen LogP contribution in [-0.2, 0) is 22.1 Å². The molecule has 0 aliphatic carbocycles. The van der Waals surface area contributed by atoms with Crippen molar-refractivity contribution in [2.45, 2.75) is 77.9 Å². The van der Waals surface area contributed by atoms with Crippen molar-refractivity contribution in [3.05, 3.63) is 131 Å². The normalized spacial score (nSPS) is 18.9. The second-order valence-corrected chi connectivity index (χ2v) is 19.8. The van der Waals surface area contributed by atoms with Gasteiger partial charge in [-0.1, -0.05) is 56.0 Å². The Labute approximate surface area is 437 Å². The molecule has 0 bridgehead atoms. The molecule has 16 nitrogen and oxygen atoms in total. The highest BCUT2D eigenvalue weighted by Gasteiger charge is 2.42. The largest absolute Gasteiger partial charge is 0.492 e. The highest BCUT2D eigenvalue weighted by molar-refractivity contribution is 6.05. The maximum absolute atomic E-state index is 16.0. The maximum Gasteiger partial charge on any atom is 0.291 e. The Morgan fingerprint density at radius 2 is 1.17 bits per heavy atom. The molecule has 0 spiro atoms. The summed E-state index contributed by atoms with van der Waals surface area (Å²) in [5.74, 6) is -2.55. The number of carbonyl (C=O) groups is 4. The first-order chi connectivity index (χ1) is 35.6. The molecule has 6 aromatic rings. The van der Waals surface area contributed by atoms with Crippen LogP contribution >= 0.6 is 0 Å². The van der Waals surface area contributed by atoms with E-state index in [1.54, 1.807) is 51.7 Å². The molecule has 10 rings (SSSR count). The Balaban J connectivity index is 0.000000198. The van der Waals surface area contributed by atoms with Crippen molar-refractivity contribution in [1.29, 1.82) is 0 Å². The van der Waals surface area contributed by atoms with E-state index in [9.17, 15) is 19.2 Å². The van der Waals surface area contributed by atoms with Gasteiger partial charge in [-0.3, -0.25) is 39.6 Å². The van der Waals surface area contributed by atoms with Crippen molar-refractivity contribution in [2.24, 2.45) is 0 Å². The summed E-state index contributed by atoms with van der Waals surface area (Å²) in [5, 5.41) is 5.95. The summed E-state index contributed by atoms with van der Waals surface area (Å²) in [6, 6.07) is 21.3. The van der Waals surface area contributed by atoms with Gasteiger partial charge in [0.15, 0.2) is 0 Å². The molecular formula is C57H68F2N10O6. The monoisotopic (exact) mass is 1030 g/mol. The van der Waals surface area contributed by atoms with Crippen molar-refractivity contribution < 1.29 is 37.4 Å². The number of rotatable bonds is 8. The smallest absolute Gasteiger partial charge is 0.291 e. The maximum atomic E-state index is 16.0. The first-order valence-electron chi connectivity index (χ1n) is 25.3. The third kappa shape index (κ3) is 11.6. The Morgan fingerprint density at radius 3 is 1.75 bits per heavy atom. The lowest BCUT2D eigenvalue weighted by atomic mass is 10.0. The van der Waals surface area contributed by atoms with E-state index < -0.39 is 24.4 Å². The van der Waals surface area contributed by atoms with Crippen LogP contribution in [0.2, 0.25) is 0 Å².